The molecule has 0 aliphatic carbocycles. The molecule has 1 N–H and O–H groups in total. The maximum absolute atomic E-state index is 14.5. The van der Waals surface area contributed by atoms with Crippen molar-refractivity contribution in [2.75, 3.05) is 44.8 Å². The Hall–Kier alpha value is -3.83. The summed E-state index contributed by atoms with van der Waals surface area (Å²) in [4.78, 5) is 20.7. The SMILES string of the molecule is COc1ccc2[nH]c(=O)c([C@H](c3nnnn3C[C@H]3CCCO3)N3CCN(c4ccccc4F)CC3)cc2c1. The lowest BCUT2D eigenvalue weighted by Crippen LogP contribution is -2.49. The molecule has 2 aliphatic heterocycles. The zero-order chi connectivity index (χ0) is 26.1. The van der Waals surface area contributed by atoms with E-state index < -0.39 is 6.04 Å². The summed E-state index contributed by atoms with van der Waals surface area (Å²) in [5.41, 5.74) is 1.66. The van der Waals surface area contributed by atoms with Gasteiger partial charge in [0.25, 0.3) is 5.56 Å². The molecule has 0 radical (unpaired) electrons. The summed E-state index contributed by atoms with van der Waals surface area (Å²) < 4.78 is 27.5. The number of pyridine rings is 1. The van der Waals surface area contributed by atoms with Gasteiger partial charge in [-0.15, -0.1) is 5.10 Å². The highest BCUT2D eigenvalue weighted by Crippen LogP contribution is 2.30. The fourth-order valence-corrected chi connectivity index (χ4v) is 5.48. The number of aromatic nitrogens is 5. The average Bonchev–Trinajstić information content (AvgIpc) is 3.62. The first-order valence-corrected chi connectivity index (χ1v) is 12.9. The molecule has 4 aromatic rings. The molecule has 198 valence electrons. The van der Waals surface area contributed by atoms with Crippen molar-refractivity contribution in [3.63, 3.8) is 0 Å². The largest absolute Gasteiger partial charge is 0.497 e. The summed E-state index contributed by atoms with van der Waals surface area (Å²) in [7, 11) is 1.62. The number of ether oxygens (including phenoxy) is 2. The Labute approximate surface area is 219 Å². The van der Waals surface area contributed by atoms with Crippen LogP contribution in [-0.4, -0.2) is 76.1 Å². The van der Waals surface area contributed by atoms with E-state index >= 15 is 0 Å². The van der Waals surface area contributed by atoms with Crippen LogP contribution in [0, 0.1) is 5.82 Å². The van der Waals surface area contributed by atoms with E-state index in [4.69, 9.17) is 9.47 Å². The number of rotatable bonds is 7. The zero-order valence-electron chi connectivity index (χ0n) is 21.2. The lowest BCUT2D eigenvalue weighted by atomic mass is 10.0. The summed E-state index contributed by atoms with van der Waals surface area (Å²) >= 11 is 0. The Morgan fingerprint density at radius 2 is 2.00 bits per heavy atom. The minimum Gasteiger partial charge on any atom is -0.497 e. The third-order valence-corrected chi connectivity index (χ3v) is 7.45. The number of halogens is 1. The van der Waals surface area contributed by atoms with Gasteiger partial charge in [0.2, 0.25) is 0 Å². The van der Waals surface area contributed by atoms with Gasteiger partial charge in [0, 0.05) is 49.3 Å². The second kappa shape index (κ2) is 10.5. The Kier molecular flexibility index (Phi) is 6.77. The van der Waals surface area contributed by atoms with E-state index in [1.54, 1.807) is 23.9 Å². The highest BCUT2D eigenvalue weighted by atomic mass is 19.1. The van der Waals surface area contributed by atoms with Gasteiger partial charge >= 0.3 is 0 Å². The molecule has 38 heavy (non-hydrogen) atoms. The molecule has 2 aliphatic rings. The van der Waals surface area contributed by atoms with Gasteiger partial charge in [-0.25, -0.2) is 9.07 Å². The standard InChI is InChI=1S/C27H30FN7O3/c1-37-19-8-9-23-18(15-19)16-21(27(36)29-23)25(26-30-31-32-35(26)17-20-5-4-14-38-20)34-12-10-33(11-13-34)24-7-3-2-6-22(24)28/h2-3,6-9,15-16,20,25H,4-5,10-14,17H2,1H3,(H,29,36)/t20-,25-/m1/s1. The van der Waals surface area contributed by atoms with Crippen LogP contribution in [0.2, 0.25) is 0 Å². The monoisotopic (exact) mass is 519 g/mol. The van der Waals surface area contributed by atoms with Gasteiger partial charge in [-0.2, -0.15) is 0 Å². The van der Waals surface area contributed by atoms with Gasteiger partial charge in [-0.05, 0) is 59.7 Å². The van der Waals surface area contributed by atoms with Crippen LogP contribution in [0.5, 0.6) is 5.75 Å². The summed E-state index contributed by atoms with van der Waals surface area (Å²) in [6, 6.07) is 13.8. The van der Waals surface area contributed by atoms with E-state index in [9.17, 15) is 9.18 Å². The summed E-state index contributed by atoms with van der Waals surface area (Å²) in [5, 5.41) is 13.5. The van der Waals surface area contributed by atoms with Gasteiger partial charge in [-0.3, -0.25) is 9.69 Å². The second-order valence-electron chi connectivity index (χ2n) is 9.74. The fourth-order valence-electron chi connectivity index (χ4n) is 5.48. The minimum absolute atomic E-state index is 0.0370. The molecule has 0 amide bonds. The highest BCUT2D eigenvalue weighted by molar-refractivity contribution is 5.80. The Balaban J connectivity index is 1.38. The van der Waals surface area contributed by atoms with Crippen molar-refractivity contribution in [1.29, 1.82) is 0 Å². The van der Waals surface area contributed by atoms with Gasteiger partial charge in [0.15, 0.2) is 5.82 Å². The number of methoxy groups -OCH3 is 1. The molecular weight excluding hydrogens is 489 g/mol. The maximum Gasteiger partial charge on any atom is 0.253 e. The second-order valence-corrected chi connectivity index (χ2v) is 9.74. The number of anilines is 1. The number of nitrogens with one attached hydrogen (secondary N) is 1. The number of hydrogen-bond acceptors (Lipinski definition) is 8. The number of hydrogen-bond donors (Lipinski definition) is 1. The van der Waals surface area contributed by atoms with Crippen molar-refractivity contribution in [2.24, 2.45) is 0 Å². The van der Waals surface area contributed by atoms with Crippen molar-refractivity contribution in [3.05, 3.63) is 76.1 Å². The number of fused-ring (bicyclic) bond motifs is 1. The van der Waals surface area contributed by atoms with Gasteiger partial charge < -0.3 is 19.4 Å². The molecule has 2 saturated heterocycles. The molecule has 0 bridgehead atoms. The molecule has 2 atom stereocenters. The molecule has 2 aromatic carbocycles. The molecule has 0 unspecified atom stereocenters. The number of para-hydroxylation sites is 1. The Bertz CT molecular complexity index is 1480. The maximum atomic E-state index is 14.5. The Morgan fingerprint density at radius 3 is 2.76 bits per heavy atom. The molecule has 2 aromatic heterocycles. The predicted molar refractivity (Wildman–Crippen MR) is 140 cm³/mol. The van der Waals surface area contributed by atoms with E-state index in [0.29, 0.717) is 55.5 Å². The third kappa shape index (κ3) is 4.74. The molecule has 0 spiro atoms. The Morgan fingerprint density at radius 1 is 1.16 bits per heavy atom. The highest BCUT2D eigenvalue weighted by Gasteiger charge is 2.34. The molecule has 0 saturated carbocycles. The summed E-state index contributed by atoms with van der Waals surface area (Å²) in [6.07, 6.45) is 1.99. The number of aromatic amines is 1. The van der Waals surface area contributed by atoms with Gasteiger partial charge in [-0.1, -0.05) is 12.1 Å². The predicted octanol–water partition coefficient (Wildman–Crippen LogP) is 2.75. The van der Waals surface area contributed by atoms with E-state index in [2.05, 4.69) is 25.4 Å². The van der Waals surface area contributed by atoms with Crippen LogP contribution in [0.4, 0.5) is 10.1 Å². The lowest BCUT2D eigenvalue weighted by Gasteiger charge is -2.39. The molecule has 2 fully saturated rings. The first-order chi connectivity index (χ1) is 18.6. The van der Waals surface area contributed by atoms with Crippen LogP contribution in [0.3, 0.4) is 0 Å². The number of piperazine rings is 1. The van der Waals surface area contributed by atoms with Crippen LogP contribution < -0.4 is 15.2 Å². The van der Waals surface area contributed by atoms with Gasteiger partial charge in [0.05, 0.1) is 25.4 Å². The van der Waals surface area contributed by atoms with E-state index in [1.165, 1.54) is 6.07 Å². The lowest BCUT2D eigenvalue weighted by molar-refractivity contribution is 0.0906. The van der Waals surface area contributed by atoms with Crippen molar-refractivity contribution < 1.29 is 13.9 Å². The van der Waals surface area contributed by atoms with Gasteiger partial charge in [0.1, 0.15) is 17.6 Å². The number of benzene rings is 2. The van der Waals surface area contributed by atoms with E-state index in [0.717, 1.165) is 30.4 Å². The summed E-state index contributed by atoms with van der Waals surface area (Å²) in [5.74, 6) is 1.05. The van der Waals surface area contributed by atoms with Crippen LogP contribution >= 0.6 is 0 Å². The van der Waals surface area contributed by atoms with E-state index in [-0.39, 0.29) is 17.5 Å². The number of tetrazole rings is 1. The smallest absolute Gasteiger partial charge is 0.253 e. The molecule has 4 heterocycles. The minimum atomic E-state index is -0.492. The third-order valence-electron chi connectivity index (χ3n) is 7.45. The first-order valence-electron chi connectivity index (χ1n) is 12.9. The quantitative estimate of drug-likeness (QED) is 0.398. The molecule has 10 nitrogen and oxygen atoms in total. The summed E-state index contributed by atoms with van der Waals surface area (Å²) in [6.45, 7) is 3.65. The van der Waals surface area contributed by atoms with Crippen molar-refractivity contribution in [1.82, 2.24) is 30.1 Å². The fraction of sp³-hybridized carbons (Fsp3) is 0.407. The van der Waals surface area contributed by atoms with Crippen LogP contribution in [0.1, 0.15) is 30.3 Å². The molecule has 6 rings (SSSR count). The zero-order valence-corrected chi connectivity index (χ0v) is 21.2. The van der Waals surface area contributed by atoms with Crippen molar-refractivity contribution in [3.8, 4) is 5.75 Å². The van der Waals surface area contributed by atoms with Crippen molar-refractivity contribution in [2.45, 2.75) is 31.5 Å². The first kappa shape index (κ1) is 24.5. The molecule has 11 heteroatoms. The average molecular weight is 520 g/mol. The molecular formula is C27H30FN7O3. The van der Waals surface area contributed by atoms with E-state index in [1.807, 2.05) is 35.2 Å². The normalized spacial score (nSPS) is 19.2. The van der Waals surface area contributed by atoms with Crippen LogP contribution in [0.25, 0.3) is 10.9 Å². The number of H-pyrrole nitrogens is 1. The van der Waals surface area contributed by atoms with Crippen molar-refractivity contribution >= 4 is 16.6 Å². The van der Waals surface area contributed by atoms with Crippen LogP contribution in [0.15, 0.2) is 53.3 Å². The van der Waals surface area contributed by atoms with Crippen LogP contribution in [-0.2, 0) is 11.3 Å². The topological polar surface area (TPSA) is 101 Å². The number of nitrogens with zero attached hydrogens (tertiary/aromatic N) is 6.